The zero-order valence-corrected chi connectivity index (χ0v) is 24.6. The first-order valence-electron chi connectivity index (χ1n) is 14.3. The van der Waals surface area contributed by atoms with Gasteiger partial charge in [-0.2, -0.15) is 0 Å². The van der Waals surface area contributed by atoms with Gasteiger partial charge < -0.3 is 35.3 Å². The smallest absolute Gasteiger partial charge is 0.408 e. The zero-order valence-electron chi connectivity index (χ0n) is 24.6. The number of rotatable bonds is 16. The second kappa shape index (κ2) is 16.0. The highest BCUT2D eigenvalue weighted by atomic mass is 16.6. The van der Waals surface area contributed by atoms with Crippen LogP contribution in [0.1, 0.15) is 23.1 Å². The summed E-state index contributed by atoms with van der Waals surface area (Å²) in [6.07, 6.45) is -2.21. The van der Waals surface area contributed by atoms with Crippen LogP contribution < -0.4 is 20.7 Å². The van der Waals surface area contributed by atoms with Crippen molar-refractivity contribution in [3.63, 3.8) is 0 Å². The van der Waals surface area contributed by atoms with Gasteiger partial charge in [0.2, 0.25) is 11.8 Å². The van der Waals surface area contributed by atoms with Gasteiger partial charge in [-0.05, 0) is 35.2 Å². The van der Waals surface area contributed by atoms with Crippen LogP contribution in [0.4, 0.5) is 4.79 Å². The van der Waals surface area contributed by atoms with E-state index in [1.54, 1.807) is 54.6 Å². The van der Waals surface area contributed by atoms with E-state index in [2.05, 4.69) is 16.0 Å². The number of hydrogen-bond acceptors (Lipinski definition) is 8. The fourth-order valence-corrected chi connectivity index (χ4v) is 4.55. The Bertz CT molecular complexity index is 1460. The minimum atomic E-state index is -1.56. The number of alkyl carbamates (subject to hydrolysis) is 1. The summed E-state index contributed by atoms with van der Waals surface area (Å²) >= 11 is 0. The number of carboxylic acids is 1. The van der Waals surface area contributed by atoms with Gasteiger partial charge in [-0.1, -0.05) is 72.8 Å². The lowest BCUT2D eigenvalue weighted by Crippen LogP contribution is -2.57. The van der Waals surface area contributed by atoms with Gasteiger partial charge in [0.15, 0.2) is 5.78 Å². The van der Waals surface area contributed by atoms with Crippen LogP contribution in [0, 0.1) is 0 Å². The molecule has 4 rings (SSSR count). The molecule has 0 aromatic heterocycles. The Hall–Kier alpha value is -5.23. The van der Waals surface area contributed by atoms with Crippen molar-refractivity contribution in [2.45, 2.75) is 50.1 Å². The molecule has 1 aliphatic heterocycles. The molecule has 0 spiro atoms. The Morgan fingerprint density at radius 2 is 1.29 bits per heavy atom. The van der Waals surface area contributed by atoms with Gasteiger partial charge in [0.25, 0.3) is 0 Å². The van der Waals surface area contributed by atoms with Crippen molar-refractivity contribution in [1.82, 2.24) is 16.0 Å². The van der Waals surface area contributed by atoms with Crippen LogP contribution in [0.25, 0.3) is 0 Å². The first-order chi connectivity index (χ1) is 21.7. The lowest BCUT2D eigenvalue weighted by molar-refractivity contribution is -0.140. The normalized spacial score (nSPS) is 15.4. The first-order valence-corrected chi connectivity index (χ1v) is 14.3. The summed E-state index contributed by atoms with van der Waals surface area (Å²) in [6, 6.07) is 21.0. The van der Waals surface area contributed by atoms with E-state index in [4.69, 9.17) is 14.2 Å². The average Bonchev–Trinajstić information content (AvgIpc) is 3.89. The largest absolute Gasteiger partial charge is 0.497 e. The average molecular weight is 618 g/mol. The fraction of sp³-hybridized carbons (Fsp3) is 0.303. The van der Waals surface area contributed by atoms with Crippen LogP contribution in [-0.4, -0.2) is 72.7 Å². The topological polar surface area (TPSA) is 173 Å². The second-order valence-corrected chi connectivity index (χ2v) is 10.4. The quantitative estimate of drug-likeness (QED) is 0.176. The lowest BCUT2D eigenvalue weighted by Gasteiger charge is -2.25. The van der Waals surface area contributed by atoms with Crippen LogP contribution in [0.3, 0.4) is 0 Å². The molecular weight excluding hydrogens is 582 g/mol. The molecule has 0 radical (unpaired) electrons. The molecule has 1 heterocycles. The highest BCUT2D eigenvalue weighted by molar-refractivity contribution is 5.97. The highest BCUT2D eigenvalue weighted by Gasteiger charge is 2.38. The Balaban J connectivity index is 1.50. The SMILES string of the molecule is COc1ccc(C[C@H](NC(=O)[C@@H](CC(=O)O)NC(=O)OCc2ccccc2)C(=O)N[C@@H](Cc2ccccc2)C(=O)[C@H]2CO2)cc1. The molecule has 45 heavy (non-hydrogen) atoms. The summed E-state index contributed by atoms with van der Waals surface area (Å²) in [6.45, 7) is 0.160. The minimum absolute atomic E-state index is 0.00795. The molecule has 3 aromatic rings. The molecule has 12 nitrogen and oxygen atoms in total. The second-order valence-electron chi connectivity index (χ2n) is 10.4. The molecule has 1 saturated heterocycles. The Morgan fingerprint density at radius 3 is 1.87 bits per heavy atom. The fourth-order valence-electron chi connectivity index (χ4n) is 4.55. The Labute approximate surface area is 260 Å². The van der Waals surface area contributed by atoms with E-state index in [9.17, 15) is 29.1 Å². The summed E-state index contributed by atoms with van der Waals surface area (Å²) in [7, 11) is 1.51. The van der Waals surface area contributed by atoms with E-state index in [1.165, 1.54) is 7.11 Å². The number of carbonyl (C=O) groups excluding carboxylic acids is 4. The number of carbonyl (C=O) groups is 5. The number of aliphatic carboxylic acids is 1. The number of benzene rings is 3. The van der Waals surface area contributed by atoms with Crippen LogP contribution >= 0.6 is 0 Å². The van der Waals surface area contributed by atoms with Crippen molar-refractivity contribution in [2.24, 2.45) is 0 Å². The summed E-state index contributed by atoms with van der Waals surface area (Å²) in [4.78, 5) is 64.3. The molecule has 3 amide bonds. The summed E-state index contributed by atoms with van der Waals surface area (Å²) in [5.41, 5.74) is 2.16. The molecule has 0 aliphatic carbocycles. The Kier molecular flexibility index (Phi) is 11.6. The molecule has 236 valence electrons. The van der Waals surface area contributed by atoms with Gasteiger partial charge in [0, 0.05) is 6.42 Å². The van der Waals surface area contributed by atoms with E-state index in [-0.39, 0.29) is 31.8 Å². The van der Waals surface area contributed by atoms with E-state index < -0.39 is 54.5 Å². The highest BCUT2D eigenvalue weighted by Crippen LogP contribution is 2.17. The van der Waals surface area contributed by atoms with Gasteiger partial charge in [0.1, 0.15) is 30.5 Å². The molecule has 0 saturated carbocycles. The van der Waals surface area contributed by atoms with E-state index >= 15 is 0 Å². The predicted octanol–water partition coefficient (Wildman–Crippen LogP) is 2.19. The zero-order chi connectivity index (χ0) is 32.2. The standard InChI is InChI=1S/C33H35N3O9/c1-43-24-14-12-22(13-15-24)17-26(31(40)34-25(30(39)28-20-44-28)16-21-8-4-2-5-9-21)35-32(41)27(18-29(37)38)36-33(42)45-19-23-10-6-3-7-11-23/h2-15,25-28H,16-20H2,1H3,(H,34,40)(H,35,41)(H,36,42)(H,37,38)/t25-,26-,27+,28+/m0/s1. The monoisotopic (exact) mass is 617 g/mol. The number of carboxylic acid groups (broad SMARTS) is 1. The maximum absolute atomic E-state index is 13.7. The van der Waals surface area contributed by atoms with Crippen molar-refractivity contribution in [3.8, 4) is 5.75 Å². The van der Waals surface area contributed by atoms with Crippen LogP contribution in [0.2, 0.25) is 0 Å². The molecule has 1 aliphatic rings. The third-order valence-electron chi connectivity index (χ3n) is 7.03. The van der Waals surface area contributed by atoms with Crippen molar-refractivity contribution < 1.29 is 43.3 Å². The van der Waals surface area contributed by atoms with Crippen molar-refractivity contribution in [1.29, 1.82) is 0 Å². The number of nitrogens with one attached hydrogen (secondary N) is 3. The number of ether oxygens (including phenoxy) is 3. The van der Waals surface area contributed by atoms with E-state index in [0.717, 1.165) is 5.56 Å². The van der Waals surface area contributed by atoms with E-state index in [1.807, 2.05) is 30.3 Å². The maximum Gasteiger partial charge on any atom is 0.408 e. The maximum atomic E-state index is 13.7. The summed E-state index contributed by atoms with van der Waals surface area (Å²) in [5.74, 6) is -2.66. The van der Waals surface area contributed by atoms with Gasteiger partial charge in [-0.3, -0.25) is 19.2 Å². The number of Topliss-reactive ketones (excluding diaryl/α,β-unsaturated/α-hetero) is 1. The Morgan fingerprint density at radius 1 is 0.756 bits per heavy atom. The number of epoxide rings is 1. The van der Waals surface area contributed by atoms with Crippen molar-refractivity contribution in [2.75, 3.05) is 13.7 Å². The number of hydrogen-bond donors (Lipinski definition) is 4. The van der Waals surface area contributed by atoms with Gasteiger partial charge in [-0.25, -0.2) is 4.79 Å². The molecular formula is C33H35N3O9. The molecule has 4 atom stereocenters. The first kappa shape index (κ1) is 32.7. The van der Waals surface area contributed by atoms with Gasteiger partial charge in [0.05, 0.1) is 26.2 Å². The predicted molar refractivity (Wildman–Crippen MR) is 161 cm³/mol. The van der Waals surface area contributed by atoms with Crippen LogP contribution in [0.5, 0.6) is 5.75 Å². The lowest BCUT2D eigenvalue weighted by atomic mass is 9.99. The molecule has 4 N–H and O–H groups in total. The molecule has 12 heteroatoms. The minimum Gasteiger partial charge on any atom is -0.497 e. The number of methoxy groups -OCH3 is 1. The van der Waals surface area contributed by atoms with Crippen LogP contribution in [-0.2, 0) is 48.1 Å². The third-order valence-corrected chi connectivity index (χ3v) is 7.03. The van der Waals surface area contributed by atoms with E-state index in [0.29, 0.717) is 16.9 Å². The van der Waals surface area contributed by atoms with Crippen molar-refractivity contribution in [3.05, 3.63) is 102 Å². The third kappa shape index (κ3) is 10.5. The van der Waals surface area contributed by atoms with Crippen molar-refractivity contribution >= 4 is 29.7 Å². The number of ketones is 1. The molecule has 0 unspecified atom stereocenters. The molecule has 1 fully saturated rings. The number of amides is 3. The molecule has 3 aromatic carbocycles. The summed E-state index contributed by atoms with van der Waals surface area (Å²) < 4.78 is 15.5. The van der Waals surface area contributed by atoms with Gasteiger partial charge >= 0.3 is 12.1 Å². The van der Waals surface area contributed by atoms with Gasteiger partial charge in [-0.15, -0.1) is 0 Å². The van der Waals surface area contributed by atoms with Crippen LogP contribution in [0.15, 0.2) is 84.9 Å². The summed E-state index contributed by atoms with van der Waals surface area (Å²) in [5, 5.41) is 17.1. The molecule has 0 bridgehead atoms.